The number of nitrogens with two attached hydrogens (primary N) is 1. The van der Waals surface area contributed by atoms with E-state index >= 15 is 0 Å². The molecule has 1 aliphatic rings. The molecule has 1 aromatic carbocycles. The second-order valence-electron chi connectivity index (χ2n) is 6.48. The molecule has 0 fully saturated rings. The number of anilines is 1. The van der Waals surface area contributed by atoms with Crippen LogP contribution in [0.1, 0.15) is 51.2 Å². The number of carbonyl (C=O) groups excluding carboxylic acids is 1. The Balaban J connectivity index is 2.59. The van der Waals surface area contributed by atoms with Crippen LogP contribution >= 0.6 is 0 Å². The zero-order valence-electron chi connectivity index (χ0n) is 13.0. The van der Waals surface area contributed by atoms with Crippen LogP contribution in [0.25, 0.3) is 0 Å². The van der Waals surface area contributed by atoms with Crippen LogP contribution < -0.4 is 16.2 Å². The summed E-state index contributed by atoms with van der Waals surface area (Å²) in [6.45, 7) is 10.7. The Morgan fingerprint density at radius 1 is 1.50 bits per heavy atom. The van der Waals surface area contributed by atoms with Gasteiger partial charge in [0.2, 0.25) is 0 Å². The highest BCUT2D eigenvalue weighted by atomic mass is 16.2. The molecular formula is C16H25N3O. The number of para-hydroxylation sites is 1. The van der Waals surface area contributed by atoms with E-state index in [4.69, 9.17) is 5.84 Å². The number of fused-ring (bicyclic) bond motifs is 1. The number of hydrazine groups is 1. The van der Waals surface area contributed by atoms with Gasteiger partial charge in [0.1, 0.15) is 6.04 Å². The Morgan fingerprint density at radius 3 is 2.75 bits per heavy atom. The molecule has 1 amide bonds. The van der Waals surface area contributed by atoms with Gasteiger partial charge in [0.15, 0.2) is 0 Å². The maximum atomic E-state index is 12.0. The van der Waals surface area contributed by atoms with Crippen molar-refractivity contribution in [1.82, 2.24) is 5.43 Å². The van der Waals surface area contributed by atoms with E-state index in [1.165, 1.54) is 16.8 Å². The largest absolute Gasteiger partial charge is 0.354 e. The number of hydrogen-bond acceptors (Lipinski definition) is 3. The Labute approximate surface area is 121 Å². The van der Waals surface area contributed by atoms with Gasteiger partial charge in [-0.2, -0.15) is 0 Å². The second-order valence-corrected chi connectivity index (χ2v) is 6.48. The maximum Gasteiger partial charge on any atom is 0.256 e. The molecule has 4 heteroatoms. The van der Waals surface area contributed by atoms with Gasteiger partial charge in [-0.05, 0) is 51.2 Å². The number of aryl methyl sites for hydroxylation is 1. The van der Waals surface area contributed by atoms with Crippen LogP contribution in [0.15, 0.2) is 18.2 Å². The van der Waals surface area contributed by atoms with E-state index in [2.05, 4.69) is 56.2 Å². The predicted molar refractivity (Wildman–Crippen MR) is 82.6 cm³/mol. The Bertz CT molecular complexity index is 524. The van der Waals surface area contributed by atoms with Crippen molar-refractivity contribution in [3.63, 3.8) is 0 Å². The molecule has 0 saturated heterocycles. The molecule has 4 nitrogen and oxygen atoms in total. The van der Waals surface area contributed by atoms with Crippen molar-refractivity contribution in [3.8, 4) is 0 Å². The monoisotopic (exact) mass is 275 g/mol. The average molecular weight is 275 g/mol. The lowest BCUT2D eigenvalue weighted by Crippen LogP contribution is -2.58. The molecule has 110 valence electrons. The second kappa shape index (κ2) is 5.09. The number of nitrogens with one attached hydrogen (secondary N) is 1. The van der Waals surface area contributed by atoms with E-state index in [0.717, 1.165) is 6.42 Å². The standard InChI is InChI=1S/C16H25N3O/c1-10-7-6-8-13-11(2)9-16(4,5)19(14(10)13)12(3)15(20)18-17/h6-8,11-12H,9,17H2,1-5H3,(H,18,20)/t11-,12-/m1/s1. The van der Waals surface area contributed by atoms with Gasteiger partial charge in [0.05, 0.1) is 0 Å². The van der Waals surface area contributed by atoms with E-state index in [9.17, 15) is 4.79 Å². The summed E-state index contributed by atoms with van der Waals surface area (Å²) in [6, 6.07) is 6.08. The van der Waals surface area contributed by atoms with Crippen molar-refractivity contribution in [2.24, 2.45) is 5.84 Å². The lowest BCUT2D eigenvalue weighted by molar-refractivity contribution is -0.122. The zero-order chi connectivity index (χ0) is 15.1. The third kappa shape index (κ3) is 2.29. The van der Waals surface area contributed by atoms with Crippen molar-refractivity contribution in [3.05, 3.63) is 29.3 Å². The van der Waals surface area contributed by atoms with Crippen LogP contribution in [0.3, 0.4) is 0 Å². The number of amides is 1. The zero-order valence-corrected chi connectivity index (χ0v) is 13.0. The van der Waals surface area contributed by atoms with Gasteiger partial charge in [-0.15, -0.1) is 0 Å². The molecule has 1 aliphatic heterocycles. The normalized spacial score (nSPS) is 22.1. The molecular weight excluding hydrogens is 250 g/mol. The molecule has 0 aromatic heterocycles. The van der Waals surface area contributed by atoms with Gasteiger partial charge < -0.3 is 4.90 Å². The molecule has 1 heterocycles. The summed E-state index contributed by atoms with van der Waals surface area (Å²) in [7, 11) is 0. The Hall–Kier alpha value is -1.55. The lowest BCUT2D eigenvalue weighted by Gasteiger charge is -2.50. The molecule has 20 heavy (non-hydrogen) atoms. The van der Waals surface area contributed by atoms with Crippen LogP contribution in [0.2, 0.25) is 0 Å². The molecule has 0 saturated carbocycles. The number of carbonyl (C=O) groups is 1. The molecule has 0 bridgehead atoms. The highest BCUT2D eigenvalue weighted by Crippen LogP contribution is 2.45. The topological polar surface area (TPSA) is 58.4 Å². The lowest BCUT2D eigenvalue weighted by atomic mass is 9.78. The number of rotatable bonds is 2. The van der Waals surface area contributed by atoms with Gasteiger partial charge in [0.25, 0.3) is 5.91 Å². The van der Waals surface area contributed by atoms with E-state index in [-0.39, 0.29) is 17.5 Å². The molecule has 2 rings (SSSR count). The average Bonchev–Trinajstić information content (AvgIpc) is 2.37. The first-order chi connectivity index (χ1) is 9.29. The minimum absolute atomic E-state index is 0.0789. The molecule has 1 aromatic rings. The maximum absolute atomic E-state index is 12.0. The van der Waals surface area contributed by atoms with Gasteiger partial charge in [-0.3, -0.25) is 10.2 Å². The summed E-state index contributed by atoms with van der Waals surface area (Å²) in [5.74, 6) is 5.67. The number of hydrogen-bond donors (Lipinski definition) is 2. The van der Waals surface area contributed by atoms with E-state index < -0.39 is 0 Å². The van der Waals surface area contributed by atoms with Crippen molar-refractivity contribution in [2.45, 2.75) is 58.5 Å². The fourth-order valence-electron chi connectivity index (χ4n) is 3.62. The first-order valence-electron chi connectivity index (χ1n) is 7.19. The molecule has 3 N–H and O–H groups in total. The summed E-state index contributed by atoms with van der Waals surface area (Å²) >= 11 is 0. The number of nitrogens with zero attached hydrogens (tertiary/aromatic N) is 1. The van der Waals surface area contributed by atoms with Gasteiger partial charge in [-0.1, -0.05) is 25.1 Å². The quantitative estimate of drug-likeness (QED) is 0.495. The SMILES string of the molecule is Cc1cccc2c1N([C@H](C)C(=O)NN)C(C)(C)C[C@H]2C. The van der Waals surface area contributed by atoms with Crippen LogP contribution in [0.5, 0.6) is 0 Å². The fourth-order valence-corrected chi connectivity index (χ4v) is 3.62. The first-order valence-corrected chi connectivity index (χ1v) is 7.19. The van der Waals surface area contributed by atoms with Gasteiger partial charge in [0, 0.05) is 11.2 Å². The van der Waals surface area contributed by atoms with Crippen molar-refractivity contribution in [1.29, 1.82) is 0 Å². The Kier molecular flexibility index (Phi) is 3.78. The minimum atomic E-state index is -0.289. The van der Waals surface area contributed by atoms with E-state index in [1.807, 2.05) is 6.92 Å². The summed E-state index contributed by atoms with van der Waals surface area (Å²) in [5.41, 5.74) is 5.92. The summed E-state index contributed by atoms with van der Waals surface area (Å²) in [6.07, 6.45) is 1.02. The molecule has 0 spiro atoms. The summed E-state index contributed by atoms with van der Waals surface area (Å²) < 4.78 is 0. The molecule has 2 atom stereocenters. The third-order valence-electron chi connectivity index (χ3n) is 4.41. The smallest absolute Gasteiger partial charge is 0.256 e. The van der Waals surface area contributed by atoms with Crippen LogP contribution in [-0.4, -0.2) is 17.5 Å². The highest BCUT2D eigenvalue weighted by Gasteiger charge is 2.41. The number of benzene rings is 1. The van der Waals surface area contributed by atoms with Gasteiger partial charge in [-0.25, -0.2) is 5.84 Å². The Morgan fingerprint density at radius 2 is 2.15 bits per heavy atom. The summed E-state index contributed by atoms with van der Waals surface area (Å²) in [5, 5.41) is 0. The van der Waals surface area contributed by atoms with Crippen LogP contribution in [0, 0.1) is 6.92 Å². The van der Waals surface area contributed by atoms with E-state index in [1.54, 1.807) is 0 Å². The van der Waals surface area contributed by atoms with Crippen LogP contribution in [-0.2, 0) is 4.79 Å². The predicted octanol–water partition coefficient (Wildman–Crippen LogP) is 2.47. The van der Waals surface area contributed by atoms with Crippen molar-refractivity contribution in [2.75, 3.05) is 4.90 Å². The summed E-state index contributed by atoms with van der Waals surface area (Å²) in [4.78, 5) is 14.2. The molecule has 0 radical (unpaired) electrons. The van der Waals surface area contributed by atoms with Gasteiger partial charge >= 0.3 is 0 Å². The fraction of sp³-hybridized carbons (Fsp3) is 0.562. The highest BCUT2D eigenvalue weighted by molar-refractivity contribution is 5.86. The van der Waals surface area contributed by atoms with E-state index in [0.29, 0.717) is 5.92 Å². The third-order valence-corrected chi connectivity index (χ3v) is 4.41. The molecule has 0 unspecified atom stereocenters. The van der Waals surface area contributed by atoms with Crippen molar-refractivity contribution >= 4 is 11.6 Å². The minimum Gasteiger partial charge on any atom is -0.354 e. The van der Waals surface area contributed by atoms with Crippen LogP contribution in [0.4, 0.5) is 5.69 Å². The first kappa shape index (κ1) is 14.9. The van der Waals surface area contributed by atoms with Crippen molar-refractivity contribution < 1.29 is 4.79 Å². The molecule has 0 aliphatic carbocycles.